The topological polar surface area (TPSA) is 62.8 Å². The van der Waals surface area contributed by atoms with Crippen LogP contribution in [0.3, 0.4) is 0 Å². The predicted octanol–water partition coefficient (Wildman–Crippen LogP) is 1.36. The van der Waals surface area contributed by atoms with Gasteiger partial charge in [0.2, 0.25) is 5.16 Å². The third kappa shape index (κ3) is 3.69. The van der Waals surface area contributed by atoms with E-state index in [0.717, 1.165) is 43.6 Å². The number of aromatic amines is 1. The highest BCUT2D eigenvalue weighted by Gasteiger charge is 2.27. The molecule has 0 saturated carbocycles. The van der Waals surface area contributed by atoms with Crippen molar-refractivity contribution >= 4 is 11.8 Å². The molecule has 1 fully saturated rings. The molecular weight excluding hydrogens is 236 g/mol. The van der Waals surface area contributed by atoms with Crippen LogP contribution in [0.1, 0.15) is 25.6 Å². The Kier molecular flexibility index (Phi) is 4.82. The Bertz CT molecular complexity index is 344. The first kappa shape index (κ1) is 12.9. The lowest BCUT2D eigenvalue weighted by Crippen LogP contribution is -2.45. The zero-order chi connectivity index (χ0) is 12.1. The molecule has 5 nitrogen and oxygen atoms in total. The second-order valence-electron chi connectivity index (χ2n) is 4.28. The normalized spacial score (nSPS) is 25.1. The molecule has 17 heavy (non-hydrogen) atoms. The van der Waals surface area contributed by atoms with Gasteiger partial charge in [0.25, 0.3) is 0 Å². The van der Waals surface area contributed by atoms with Crippen molar-refractivity contribution in [3.8, 4) is 0 Å². The van der Waals surface area contributed by atoms with Crippen molar-refractivity contribution < 1.29 is 4.74 Å². The Morgan fingerprint density at radius 1 is 1.59 bits per heavy atom. The number of rotatable bonds is 5. The molecule has 0 radical (unpaired) electrons. The van der Waals surface area contributed by atoms with Gasteiger partial charge >= 0.3 is 0 Å². The maximum atomic E-state index is 5.54. The lowest BCUT2D eigenvalue weighted by atomic mass is 10.1. The minimum atomic E-state index is 0.408. The van der Waals surface area contributed by atoms with Crippen LogP contribution in [0.2, 0.25) is 0 Å². The first-order valence-corrected chi connectivity index (χ1v) is 7.04. The molecule has 1 aromatic rings. The number of aryl methyl sites for hydroxylation is 1. The van der Waals surface area contributed by atoms with Gasteiger partial charge < -0.3 is 10.1 Å². The smallest absolute Gasteiger partial charge is 0.208 e. The van der Waals surface area contributed by atoms with Crippen molar-refractivity contribution in [1.29, 1.82) is 0 Å². The predicted molar refractivity (Wildman–Crippen MR) is 68.3 cm³/mol. The highest BCUT2D eigenvalue weighted by Crippen LogP contribution is 2.26. The van der Waals surface area contributed by atoms with Crippen molar-refractivity contribution in [2.24, 2.45) is 0 Å². The summed E-state index contributed by atoms with van der Waals surface area (Å²) < 4.78 is 5.54. The fourth-order valence-electron chi connectivity index (χ4n) is 1.90. The average Bonchev–Trinajstić information content (AvgIpc) is 2.74. The Morgan fingerprint density at radius 2 is 2.47 bits per heavy atom. The summed E-state index contributed by atoms with van der Waals surface area (Å²) in [5.41, 5.74) is 0. The molecule has 96 valence electrons. The fourth-order valence-corrected chi connectivity index (χ4v) is 3.02. The van der Waals surface area contributed by atoms with Gasteiger partial charge in [-0.1, -0.05) is 18.7 Å². The Balaban J connectivity index is 1.91. The molecule has 1 aliphatic heterocycles. The second kappa shape index (κ2) is 6.37. The quantitative estimate of drug-likeness (QED) is 0.833. The molecule has 2 unspecified atom stereocenters. The van der Waals surface area contributed by atoms with E-state index in [4.69, 9.17) is 4.74 Å². The Labute approximate surface area is 106 Å². The Hall–Kier alpha value is -0.590. The van der Waals surface area contributed by atoms with E-state index in [2.05, 4.69) is 27.4 Å². The number of hydrogen-bond donors (Lipinski definition) is 2. The first-order chi connectivity index (χ1) is 8.29. The van der Waals surface area contributed by atoms with Gasteiger partial charge in [-0.15, -0.1) is 5.10 Å². The van der Waals surface area contributed by atoms with E-state index in [-0.39, 0.29) is 0 Å². The summed E-state index contributed by atoms with van der Waals surface area (Å²) in [5.74, 6) is 0.863. The fraction of sp³-hybridized carbons (Fsp3) is 0.818. The third-order valence-electron chi connectivity index (χ3n) is 2.79. The SMILES string of the molecule is CCCNC1CCOCC1Sc1n[nH]c(C)n1. The van der Waals surface area contributed by atoms with Gasteiger partial charge in [-0.25, -0.2) is 4.98 Å². The maximum absolute atomic E-state index is 5.54. The zero-order valence-electron chi connectivity index (χ0n) is 10.4. The number of H-pyrrole nitrogens is 1. The number of thioether (sulfide) groups is 1. The molecule has 2 rings (SSSR count). The van der Waals surface area contributed by atoms with E-state index in [0.29, 0.717) is 11.3 Å². The van der Waals surface area contributed by atoms with Gasteiger partial charge in [-0.2, -0.15) is 0 Å². The van der Waals surface area contributed by atoms with Crippen molar-refractivity contribution in [2.45, 2.75) is 43.1 Å². The second-order valence-corrected chi connectivity index (χ2v) is 5.49. The molecule has 2 atom stereocenters. The van der Waals surface area contributed by atoms with E-state index in [1.807, 2.05) is 6.92 Å². The van der Waals surface area contributed by atoms with Crippen LogP contribution >= 0.6 is 11.8 Å². The van der Waals surface area contributed by atoms with E-state index >= 15 is 0 Å². The first-order valence-electron chi connectivity index (χ1n) is 6.16. The molecule has 6 heteroatoms. The largest absolute Gasteiger partial charge is 0.380 e. The van der Waals surface area contributed by atoms with Gasteiger partial charge in [-0.05, 0) is 26.3 Å². The van der Waals surface area contributed by atoms with E-state index in [1.54, 1.807) is 11.8 Å². The molecule has 1 aliphatic rings. The summed E-state index contributed by atoms with van der Waals surface area (Å²) in [6.07, 6.45) is 2.23. The van der Waals surface area contributed by atoms with Crippen LogP contribution < -0.4 is 5.32 Å². The lowest BCUT2D eigenvalue weighted by Gasteiger charge is -2.31. The van der Waals surface area contributed by atoms with Crippen molar-refractivity contribution in [3.05, 3.63) is 5.82 Å². The molecule has 0 aliphatic carbocycles. The van der Waals surface area contributed by atoms with Gasteiger partial charge in [0.1, 0.15) is 5.82 Å². The van der Waals surface area contributed by atoms with E-state index in [1.165, 1.54) is 0 Å². The summed E-state index contributed by atoms with van der Waals surface area (Å²) in [7, 11) is 0. The molecule has 1 aromatic heterocycles. The van der Waals surface area contributed by atoms with Gasteiger partial charge in [-0.3, -0.25) is 5.10 Å². The lowest BCUT2D eigenvalue weighted by molar-refractivity contribution is 0.0832. The summed E-state index contributed by atoms with van der Waals surface area (Å²) in [6.45, 7) is 6.80. The molecule has 0 aromatic carbocycles. The monoisotopic (exact) mass is 256 g/mol. The highest BCUT2D eigenvalue weighted by molar-refractivity contribution is 7.99. The van der Waals surface area contributed by atoms with Crippen molar-refractivity contribution in [2.75, 3.05) is 19.8 Å². The molecule has 1 saturated heterocycles. The summed E-state index contributed by atoms with van der Waals surface area (Å²) >= 11 is 1.70. The number of ether oxygens (including phenoxy) is 1. The number of aromatic nitrogens is 3. The third-order valence-corrected chi connectivity index (χ3v) is 3.95. The zero-order valence-corrected chi connectivity index (χ0v) is 11.2. The van der Waals surface area contributed by atoms with Crippen LogP contribution in [0.25, 0.3) is 0 Å². The standard InChI is InChI=1S/C11H20N4OS/c1-3-5-12-9-4-6-16-7-10(9)17-11-13-8(2)14-15-11/h9-10,12H,3-7H2,1-2H3,(H,13,14,15). The van der Waals surface area contributed by atoms with Crippen LogP contribution in [-0.2, 0) is 4.74 Å². The van der Waals surface area contributed by atoms with Crippen molar-refractivity contribution in [1.82, 2.24) is 20.5 Å². The number of nitrogens with one attached hydrogen (secondary N) is 2. The highest BCUT2D eigenvalue weighted by atomic mass is 32.2. The summed E-state index contributed by atoms with van der Waals surface area (Å²) in [5, 5.41) is 11.9. The van der Waals surface area contributed by atoms with Crippen LogP contribution in [0.5, 0.6) is 0 Å². The Morgan fingerprint density at radius 3 is 3.18 bits per heavy atom. The van der Waals surface area contributed by atoms with Crippen LogP contribution in [0.4, 0.5) is 0 Å². The number of hydrogen-bond acceptors (Lipinski definition) is 5. The van der Waals surface area contributed by atoms with Gasteiger partial charge in [0.05, 0.1) is 11.9 Å². The molecule has 0 bridgehead atoms. The van der Waals surface area contributed by atoms with E-state index in [9.17, 15) is 0 Å². The maximum Gasteiger partial charge on any atom is 0.208 e. The minimum absolute atomic E-state index is 0.408. The van der Waals surface area contributed by atoms with Crippen LogP contribution in [-0.4, -0.2) is 46.2 Å². The molecular formula is C11H20N4OS. The summed E-state index contributed by atoms with van der Waals surface area (Å²) in [6, 6.07) is 0.507. The van der Waals surface area contributed by atoms with Gasteiger partial charge in [0, 0.05) is 12.6 Å². The summed E-state index contributed by atoms with van der Waals surface area (Å²) in [4.78, 5) is 4.33. The number of nitrogens with zero attached hydrogens (tertiary/aromatic N) is 2. The van der Waals surface area contributed by atoms with Crippen molar-refractivity contribution in [3.63, 3.8) is 0 Å². The van der Waals surface area contributed by atoms with Crippen LogP contribution in [0, 0.1) is 6.92 Å². The molecule has 2 heterocycles. The van der Waals surface area contributed by atoms with Crippen LogP contribution in [0.15, 0.2) is 5.16 Å². The van der Waals surface area contributed by atoms with Gasteiger partial charge in [0.15, 0.2) is 0 Å². The molecule has 2 N–H and O–H groups in total. The molecule has 0 spiro atoms. The van der Waals surface area contributed by atoms with E-state index < -0.39 is 0 Å². The average molecular weight is 256 g/mol. The molecule has 0 amide bonds. The minimum Gasteiger partial charge on any atom is -0.380 e.